The minimum Gasteiger partial charge on any atom is -0.377 e. The molecule has 0 radical (unpaired) electrons. The SMILES string of the molecule is CC1CCC(OCCNC2CCCCC2)CC1. The second kappa shape index (κ2) is 7.38. The lowest BCUT2D eigenvalue weighted by Crippen LogP contribution is -2.34. The molecule has 0 saturated heterocycles. The zero-order valence-corrected chi connectivity index (χ0v) is 11.4. The molecule has 1 N–H and O–H groups in total. The van der Waals surface area contributed by atoms with E-state index in [1.807, 2.05) is 0 Å². The van der Waals surface area contributed by atoms with E-state index in [0.717, 1.165) is 25.1 Å². The van der Waals surface area contributed by atoms with Gasteiger partial charge in [-0.1, -0.05) is 26.2 Å². The Morgan fingerprint density at radius 2 is 1.65 bits per heavy atom. The molecule has 0 bridgehead atoms. The summed E-state index contributed by atoms with van der Waals surface area (Å²) in [6, 6.07) is 0.777. The van der Waals surface area contributed by atoms with Crippen molar-refractivity contribution in [2.24, 2.45) is 5.92 Å². The molecule has 100 valence electrons. The van der Waals surface area contributed by atoms with Gasteiger partial charge in [0.1, 0.15) is 0 Å². The highest BCUT2D eigenvalue weighted by molar-refractivity contribution is 4.72. The normalized spacial score (nSPS) is 31.6. The lowest BCUT2D eigenvalue weighted by molar-refractivity contribution is 0.0204. The molecular weight excluding hydrogens is 210 g/mol. The molecule has 17 heavy (non-hydrogen) atoms. The molecule has 2 heteroatoms. The maximum absolute atomic E-state index is 5.96. The Kier molecular flexibility index (Phi) is 5.79. The molecule has 0 aromatic heterocycles. The lowest BCUT2D eigenvalue weighted by Gasteiger charge is -2.27. The van der Waals surface area contributed by atoms with Crippen molar-refractivity contribution in [3.05, 3.63) is 0 Å². The summed E-state index contributed by atoms with van der Waals surface area (Å²) in [5.41, 5.74) is 0. The lowest BCUT2D eigenvalue weighted by atomic mass is 9.89. The Morgan fingerprint density at radius 3 is 2.35 bits per heavy atom. The molecule has 0 unspecified atom stereocenters. The van der Waals surface area contributed by atoms with Crippen LogP contribution in [0.1, 0.15) is 64.7 Å². The summed E-state index contributed by atoms with van der Waals surface area (Å²) < 4.78 is 5.96. The van der Waals surface area contributed by atoms with Gasteiger partial charge in [0.05, 0.1) is 12.7 Å². The van der Waals surface area contributed by atoms with Crippen LogP contribution in [0.3, 0.4) is 0 Å². The Morgan fingerprint density at radius 1 is 0.941 bits per heavy atom. The van der Waals surface area contributed by atoms with Gasteiger partial charge in [0.25, 0.3) is 0 Å². The van der Waals surface area contributed by atoms with Crippen molar-refractivity contribution in [2.75, 3.05) is 13.2 Å². The first-order chi connectivity index (χ1) is 8.34. The van der Waals surface area contributed by atoms with Crippen molar-refractivity contribution in [2.45, 2.75) is 76.9 Å². The minimum absolute atomic E-state index is 0.555. The fourth-order valence-electron chi connectivity index (χ4n) is 3.19. The van der Waals surface area contributed by atoms with Gasteiger partial charge in [0.2, 0.25) is 0 Å². The molecule has 0 heterocycles. The number of hydrogen-bond donors (Lipinski definition) is 1. The second-order valence-electron chi connectivity index (χ2n) is 6.04. The molecule has 0 aromatic carbocycles. The van der Waals surface area contributed by atoms with E-state index < -0.39 is 0 Å². The van der Waals surface area contributed by atoms with Crippen LogP contribution in [0.4, 0.5) is 0 Å². The van der Waals surface area contributed by atoms with E-state index >= 15 is 0 Å². The summed E-state index contributed by atoms with van der Waals surface area (Å²) in [5, 5.41) is 3.64. The topological polar surface area (TPSA) is 21.3 Å². The Labute approximate surface area is 107 Å². The zero-order valence-electron chi connectivity index (χ0n) is 11.4. The van der Waals surface area contributed by atoms with Gasteiger partial charge in [0.15, 0.2) is 0 Å². The fourth-order valence-corrected chi connectivity index (χ4v) is 3.19. The summed E-state index contributed by atoms with van der Waals surface area (Å²) in [5.74, 6) is 0.926. The van der Waals surface area contributed by atoms with E-state index in [0.29, 0.717) is 6.10 Å². The summed E-state index contributed by atoms with van der Waals surface area (Å²) in [4.78, 5) is 0. The summed E-state index contributed by atoms with van der Waals surface area (Å²) in [6.07, 6.45) is 12.9. The first-order valence-corrected chi connectivity index (χ1v) is 7.69. The molecule has 2 saturated carbocycles. The zero-order chi connectivity index (χ0) is 11.9. The molecule has 2 fully saturated rings. The van der Waals surface area contributed by atoms with E-state index in [2.05, 4.69) is 12.2 Å². The maximum atomic E-state index is 5.96. The summed E-state index contributed by atoms with van der Waals surface area (Å²) >= 11 is 0. The molecule has 0 amide bonds. The van der Waals surface area contributed by atoms with Gasteiger partial charge in [-0.2, -0.15) is 0 Å². The number of nitrogens with one attached hydrogen (secondary N) is 1. The Hall–Kier alpha value is -0.0800. The third-order valence-corrected chi connectivity index (χ3v) is 4.46. The molecule has 0 aliphatic heterocycles. The van der Waals surface area contributed by atoms with Gasteiger partial charge in [-0.15, -0.1) is 0 Å². The highest BCUT2D eigenvalue weighted by Gasteiger charge is 2.18. The van der Waals surface area contributed by atoms with Crippen molar-refractivity contribution in [3.63, 3.8) is 0 Å². The van der Waals surface area contributed by atoms with E-state index in [1.54, 1.807) is 0 Å². The summed E-state index contributed by atoms with van der Waals surface area (Å²) in [7, 11) is 0. The Balaban J connectivity index is 1.48. The molecular formula is C15H29NO. The number of rotatable bonds is 5. The Bertz CT molecular complexity index is 193. The molecule has 2 rings (SSSR count). The molecule has 2 aliphatic rings. The monoisotopic (exact) mass is 239 g/mol. The third kappa shape index (κ3) is 4.97. The van der Waals surface area contributed by atoms with E-state index in [9.17, 15) is 0 Å². The van der Waals surface area contributed by atoms with E-state index in [-0.39, 0.29) is 0 Å². The third-order valence-electron chi connectivity index (χ3n) is 4.46. The molecule has 0 spiro atoms. The van der Waals surface area contributed by atoms with Gasteiger partial charge in [-0.3, -0.25) is 0 Å². The highest BCUT2D eigenvalue weighted by atomic mass is 16.5. The first kappa shape index (κ1) is 13.4. The van der Waals surface area contributed by atoms with Crippen LogP contribution in [0.15, 0.2) is 0 Å². The van der Waals surface area contributed by atoms with Crippen LogP contribution in [-0.4, -0.2) is 25.3 Å². The number of hydrogen-bond acceptors (Lipinski definition) is 2. The van der Waals surface area contributed by atoms with Crippen molar-refractivity contribution in [1.29, 1.82) is 0 Å². The molecule has 2 aliphatic carbocycles. The second-order valence-corrected chi connectivity index (χ2v) is 6.04. The average Bonchev–Trinajstić information content (AvgIpc) is 2.38. The molecule has 0 aromatic rings. The maximum Gasteiger partial charge on any atom is 0.0594 e. The van der Waals surface area contributed by atoms with Crippen molar-refractivity contribution < 1.29 is 4.74 Å². The van der Waals surface area contributed by atoms with Crippen LogP contribution in [-0.2, 0) is 4.74 Å². The van der Waals surface area contributed by atoms with Crippen LogP contribution in [0, 0.1) is 5.92 Å². The summed E-state index contributed by atoms with van der Waals surface area (Å²) in [6.45, 7) is 4.33. The van der Waals surface area contributed by atoms with Gasteiger partial charge >= 0.3 is 0 Å². The van der Waals surface area contributed by atoms with Gasteiger partial charge in [0, 0.05) is 12.6 Å². The van der Waals surface area contributed by atoms with E-state index in [1.165, 1.54) is 57.8 Å². The number of ether oxygens (including phenoxy) is 1. The quantitative estimate of drug-likeness (QED) is 0.741. The fraction of sp³-hybridized carbons (Fsp3) is 1.00. The van der Waals surface area contributed by atoms with Gasteiger partial charge in [-0.25, -0.2) is 0 Å². The largest absolute Gasteiger partial charge is 0.377 e. The molecule has 2 nitrogen and oxygen atoms in total. The minimum atomic E-state index is 0.555. The van der Waals surface area contributed by atoms with Crippen molar-refractivity contribution in [3.8, 4) is 0 Å². The van der Waals surface area contributed by atoms with E-state index in [4.69, 9.17) is 4.74 Å². The standard InChI is InChI=1S/C15H29NO/c1-13-7-9-15(10-8-13)17-12-11-16-14-5-3-2-4-6-14/h13-16H,2-12H2,1H3. The van der Waals surface area contributed by atoms with Crippen LogP contribution >= 0.6 is 0 Å². The predicted molar refractivity (Wildman–Crippen MR) is 72.2 cm³/mol. The highest BCUT2D eigenvalue weighted by Crippen LogP contribution is 2.25. The average molecular weight is 239 g/mol. The smallest absolute Gasteiger partial charge is 0.0594 e. The first-order valence-electron chi connectivity index (χ1n) is 7.69. The van der Waals surface area contributed by atoms with Crippen molar-refractivity contribution in [1.82, 2.24) is 5.32 Å². The van der Waals surface area contributed by atoms with Gasteiger partial charge in [-0.05, 0) is 44.4 Å². The van der Waals surface area contributed by atoms with Crippen LogP contribution in [0.2, 0.25) is 0 Å². The van der Waals surface area contributed by atoms with Crippen LogP contribution < -0.4 is 5.32 Å². The predicted octanol–water partition coefficient (Wildman–Crippen LogP) is 3.50. The van der Waals surface area contributed by atoms with Crippen LogP contribution in [0.5, 0.6) is 0 Å². The van der Waals surface area contributed by atoms with Crippen molar-refractivity contribution >= 4 is 0 Å². The van der Waals surface area contributed by atoms with Crippen LogP contribution in [0.25, 0.3) is 0 Å². The molecule has 0 atom stereocenters. The van der Waals surface area contributed by atoms with Gasteiger partial charge < -0.3 is 10.1 Å².